The van der Waals surface area contributed by atoms with Gasteiger partial charge in [-0.25, -0.2) is 4.98 Å². The number of aliphatic carboxylic acids is 2. The van der Waals surface area contributed by atoms with Crippen LogP contribution in [-0.2, 0) is 16.0 Å². The third-order valence-electron chi connectivity index (χ3n) is 3.69. The van der Waals surface area contributed by atoms with Gasteiger partial charge in [-0.05, 0) is 12.3 Å². The van der Waals surface area contributed by atoms with E-state index in [0.29, 0.717) is 12.1 Å². The highest BCUT2D eigenvalue weighted by Crippen LogP contribution is 2.24. The van der Waals surface area contributed by atoms with Crippen LogP contribution in [0.1, 0.15) is 26.0 Å². The molecular weight excluding hydrogens is 340 g/mol. The Kier molecular flexibility index (Phi) is 6.66. The third-order valence-corrected chi connectivity index (χ3v) is 4.63. The molecule has 0 saturated carbocycles. The summed E-state index contributed by atoms with van der Waals surface area (Å²) in [5.41, 5.74) is 1.61. The van der Waals surface area contributed by atoms with E-state index < -0.39 is 24.0 Å². The zero-order valence-electron chi connectivity index (χ0n) is 14.2. The number of nitrogens with one attached hydrogen (secondary N) is 1. The van der Waals surface area contributed by atoms with Crippen molar-refractivity contribution in [3.63, 3.8) is 0 Å². The van der Waals surface area contributed by atoms with Crippen molar-refractivity contribution in [3.05, 3.63) is 41.4 Å². The Morgan fingerprint density at radius 3 is 2.32 bits per heavy atom. The summed E-state index contributed by atoms with van der Waals surface area (Å²) in [5, 5.41) is 24.1. The van der Waals surface area contributed by atoms with Crippen molar-refractivity contribution in [2.75, 3.05) is 0 Å². The van der Waals surface area contributed by atoms with E-state index in [0.717, 1.165) is 10.6 Å². The number of carboxylic acids is 2. The van der Waals surface area contributed by atoms with E-state index in [-0.39, 0.29) is 12.3 Å². The quantitative estimate of drug-likeness (QED) is 0.634. The lowest BCUT2D eigenvalue weighted by atomic mass is 10.0. The lowest BCUT2D eigenvalue weighted by Gasteiger charge is -2.21. The fraction of sp³-hybridized carbons (Fsp3) is 0.389. The Morgan fingerprint density at radius 2 is 1.76 bits per heavy atom. The van der Waals surface area contributed by atoms with Gasteiger partial charge < -0.3 is 10.2 Å². The number of carbonyl (C=O) groups is 2. The number of benzene rings is 1. The second-order valence-corrected chi connectivity index (χ2v) is 7.15. The first-order valence-electron chi connectivity index (χ1n) is 8.08. The summed E-state index contributed by atoms with van der Waals surface area (Å²) in [5.74, 6) is -1.97. The molecule has 2 atom stereocenters. The molecule has 1 heterocycles. The Balaban J connectivity index is 2.10. The Labute approximate surface area is 150 Å². The average molecular weight is 362 g/mol. The van der Waals surface area contributed by atoms with Gasteiger partial charge in [0.15, 0.2) is 0 Å². The molecule has 0 amide bonds. The number of hydrogen-bond acceptors (Lipinski definition) is 5. The van der Waals surface area contributed by atoms with Crippen LogP contribution in [-0.4, -0.2) is 39.2 Å². The van der Waals surface area contributed by atoms with E-state index in [1.807, 2.05) is 49.6 Å². The van der Waals surface area contributed by atoms with Crippen molar-refractivity contribution in [2.45, 2.75) is 38.8 Å². The van der Waals surface area contributed by atoms with Crippen molar-refractivity contribution in [2.24, 2.45) is 5.92 Å². The van der Waals surface area contributed by atoms with Crippen LogP contribution in [0.4, 0.5) is 0 Å². The number of carboxylic acid groups (broad SMARTS) is 2. The Bertz CT molecular complexity index is 715. The predicted molar refractivity (Wildman–Crippen MR) is 96.7 cm³/mol. The van der Waals surface area contributed by atoms with Crippen LogP contribution in [0.15, 0.2) is 35.7 Å². The lowest BCUT2D eigenvalue weighted by Crippen LogP contribution is -2.48. The van der Waals surface area contributed by atoms with Gasteiger partial charge in [-0.1, -0.05) is 44.2 Å². The molecule has 2 rings (SSSR count). The van der Waals surface area contributed by atoms with Crippen molar-refractivity contribution >= 4 is 23.3 Å². The zero-order valence-corrected chi connectivity index (χ0v) is 15.0. The maximum atomic E-state index is 11.5. The zero-order chi connectivity index (χ0) is 18.4. The summed E-state index contributed by atoms with van der Waals surface area (Å²) in [7, 11) is 0. The SMILES string of the molecule is CC(C)C[C@H](N[C@@H](Cc1csc(-c2ccccc2)n1)C(=O)O)C(=O)O. The first-order chi connectivity index (χ1) is 11.9. The Hall–Kier alpha value is -2.25. The first kappa shape index (κ1) is 19.1. The van der Waals surface area contributed by atoms with Gasteiger partial charge in [0, 0.05) is 17.4 Å². The van der Waals surface area contributed by atoms with Crippen LogP contribution in [0.3, 0.4) is 0 Å². The van der Waals surface area contributed by atoms with Gasteiger partial charge in [0.25, 0.3) is 0 Å². The van der Waals surface area contributed by atoms with E-state index in [2.05, 4.69) is 10.3 Å². The maximum absolute atomic E-state index is 11.5. The number of aromatic nitrogens is 1. The minimum Gasteiger partial charge on any atom is -0.480 e. The van der Waals surface area contributed by atoms with E-state index in [1.54, 1.807) is 0 Å². The summed E-state index contributed by atoms with van der Waals surface area (Å²) in [4.78, 5) is 27.4. The summed E-state index contributed by atoms with van der Waals surface area (Å²) < 4.78 is 0. The molecule has 7 heteroatoms. The summed E-state index contributed by atoms with van der Waals surface area (Å²) >= 11 is 1.44. The van der Waals surface area contributed by atoms with Crippen LogP contribution in [0.5, 0.6) is 0 Å². The minimum absolute atomic E-state index is 0.139. The van der Waals surface area contributed by atoms with Crippen molar-refractivity contribution in [1.29, 1.82) is 0 Å². The maximum Gasteiger partial charge on any atom is 0.321 e. The molecule has 6 nitrogen and oxygen atoms in total. The van der Waals surface area contributed by atoms with Crippen molar-refractivity contribution in [3.8, 4) is 10.6 Å². The molecule has 0 radical (unpaired) electrons. The smallest absolute Gasteiger partial charge is 0.321 e. The molecule has 0 bridgehead atoms. The fourth-order valence-electron chi connectivity index (χ4n) is 2.50. The molecule has 1 aromatic heterocycles. The molecular formula is C18H22N2O4S. The van der Waals surface area contributed by atoms with Gasteiger partial charge in [-0.2, -0.15) is 0 Å². The first-order valence-corrected chi connectivity index (χ1v) is 8.96. The molecule has 134 valence electrons. The van der Waals surface area contributed by atoms with Gasteiger partial charge in [0.2, 0.25) is 0 Å². The topological polar surface area (TPSA) is 99.5 Å². The monoisotopic (exact) mass is 362 g/mol. The standard InChI is InChI=1S/C18H22N2O4S/c1-11(2)8-14(17(21)22)20-15(18(23)24)9-13-10-25-16(19-13)12-6-4-3-5-7-12/h3-7,10-11,14-15,20H,8-9H2,1-2H3,(H,21,22)(H,23,24)/t14-,15-/m0/s1. The second-order valence-electron chi connectivity index (χ2n) is 6.29. The van der Waals surface area contributed by atoms with Crippen LogP contribution < -0.4 is 5.32 Å². The number of thiazole rings is 1. The molecule has 0 saturated heterocycles. The number of nitrogens with zero attached hydrogens (tertiary/aromatic N) is 1. The molecule has 0 spiro atoms. The van der Waals surface area contributed by atoms with Crippen LogP contribution in [0.25, 0.3) is 10.6 Å². The molecule has 0 aliphatic heterocycles. The minimum atomic E-state index is -1.08. The molecule has 0 unspecified atom stereocenters. The second kappa shape index (κ2) is 8.73. The van der Waals surface area contributed by atoms with Crippen molar-refractivity contribution < 1.29 is 19.8 Å². The van der Waals surface area contributed by atoms with E-state index in [4.69, 9.17) is 0 Å². The van der Waals surface area contributed by atoms with Gasteiger partial charge >= 0.3 is 11.9 Å². The van der Waals surface area contributed by atoms with Crippen LogP contribution in [0, 0.1) is 5.92 Å². The van der Waals surface area contributed by atoms with Crippen LogP contribution in [0.2, 0.25) is 0 Å². The normalized spacial score (nSPS) is 13.6. The summed E-state index contributed by atoms with van der Waals surface area (Å²) in [6.45, 7) is 3.81. The largest absolute Gasteiger partial charge is 0.480 e. The van der Waals surface area contributed by atoms with E-state index >= 15 is 0 Å². The summed E-state index contributed by atoms with van der Waals surface area (Å²) in [6.07, 6.45) is 0.506. The van der Waals surface area contributed by atoms with Crippen molar-refractivity contribution in [1.82, 2.24) is 10.3 Å². The highest BCUT2D eigenvalue weighted by molar-refractivity contribution is 7.13. The van der Waals surface area contributed by atoms with Crippen LogP contribution >= 0.6 is 11.3 Å². The molecule has 0 fully saturated rings. The van der Waals surface area contributed by atoms with Gasteiger partial charge in [-0.15, -0.1) is 11.3 Å². The molecule has 25 heavy (non-hydrogen) atoms. The van der Waals surface area contributed by atoms with Gasteiger partial charge in [0.05, 0.1) is 5.69 Å². The third kappa shape index (κ3) is 5.65. The van der Waals surface area contributed by atoms with E-state index in [1.165, 1.54) is 11.3 Å². The molecule has 0 aliphatic rings. The van der Waals surface area contributed by atoms with E-state index in [9.17, 15) is 19.8 Å². The molecule has 0 aliphatic carbocycles. The highest BCUT2D eigenvalue weighted by Gasteiger charge is 2.27. The summed E-state index contributed by atoms with van der Waals surface area (Å²) in [6, 6.07) is 7.75. The Morgan fingerprint density at radius 1 is 1.12 bits per heavy atom. The van der Waals surface area contributed by atoms with Gasteiger partial charge in [0.1, 0.15) is 17.1 Å². The fourth-order valence-corrected chi connectivity index (χ4v) is 3.33. The highest BCUT2D eigenvalue weighted by atomic mass is 32.1. The van der Waals surface area contributed by atoms with Gasteiger partial charge in [-0.3, -0.25) is 14.9 Å². The lowest BCUT2D eigenvalue weighted by molar-refractivity contribution is -0.142. The average Bonchev–Trinajstić information content (AvgIpc) is 3.02. The predicted octanol–water partition coefficient (Wildman–Crippen LogP) is 2.89. The number of hydrogen-bond donors (Lipinski definition) is 3. The molecule has 2 aromatic rings. The molecule has 1 aromatic carbocycles. The number of rotatable bonds is 9. The molecule has 3 N–H and O–H groups in total.